The van der Waals surface area contributed by atoms with Crippen molar-refractivity contribution in [1.82, 2.24) is 9.47 Å². The van der Waals surface area contributed by atoms with Crippen molar-refractivity contribution in [3.8, 4) is 0 Å². The maximum Gasteiger partial charge on any atom is 0.0483 e. The van der Waals surface area contributed by atoms with Crippen LogP contribution in [0.25, 0.3) is 10.9 Å². The summed E-state index contributed by atoms with van der Waals surface area (Å²) in [7, 11) is 2.27. The summed E-state index contributed by atoms with van der Waals surface area (Å²) in [5, 5.41) is 1.49. The fraction of sp³-hybridized carbons (Fsp3) is 0.600. The molecule has 1 saturated carbocycles. The van der Waals surface area contributed by atoms with E-state index in [1.807, 2.05) is 0 Å². The van der Waals surface area contributed by atoms with Crippen LogP contribution in [0, 0.1) is 11.8 Å². The summed E-state index contributed by atoms with van der Waals surface area (Å²) in [6.45, 7) is 2.54. The Morgan fingerprint density at radius 3 is 2.77 bits per heavy atom. The zero-order valence-electron chi connectivity index (χ0n) is 13.6. The van der Waals surface area contributed by atoms with E-state index in [1.165, 1.54) is 62.5 Å². The number of hydrogen-bond acceptors (Lipinski definition) is 1. The molecule has 22 heavy (non-hydrogen) atoms. The van der Waals surface area contributed by atoms with E-state index in [9.17, 15) is 0 Å². The van der Waals surface area contributed by atoms with E-state index < -0.39 is 0 Å². The molecule has 3 heterocycles. The van der Waals surface area contributed by atoms with E-state index in [-0.39, 0.29) is 0 Å². The van der Waals surface area contributed by atoms with Crippen LogP contribution in [0.4, 0.5) is 0 Å². The van der Waals surface area contributed by atoms with Gasteiger partial charge in [-0.05, 0) is 36.3 Å². The minimum atomic E-state index is 0.801. The minimum Gasteiger partial charge on any atom is -0.347 e. The number of aromatic nitrogens is 1. The molecule has 2 nitrogen and oxygen atoms in total. The van der Waals surface area contributed by atoms with Gasteiger partial charge in [0.05, 0.1) is 0 Å². The van der Waals surface area contributed by atoms with Gasteiger partial charge in [-0.25, -0.2) is 0 Å². The molecule has 2 aliphatic heterocycles. The van der Waals surface area contributed by atoms with Crippen molar-refractivity contribution < 1.29 is 0 Å². The third-order valence-electron chi connectivity index (χ3n) is 6.76. The highest BCUT2D eigenvalue weighted by molar-refractivity contribution is 5.85. The first-order valence-electron chi connectivity index (χ1n) is 9.10. The Balaban J connectivity index is 1.54. The van der Waals surface area contributed by atoms with Crippen molar-refractivity contribution in [2.75, 3.05) is 6.54 Å². The summed E-state index contributed by atoms with van der Waals surface area (Å²) in [6.07, 6.45) is 8.65. The lowest BCUT2D eigenvalue weighted by atomic mass is 9.71. The molecule has 116 valence electrons. The second-order valence-corrected chi connectivity index (χ2v) is 7.83. The van der Waals surface area contributed by atoms with Crippen LogP contribution < -0.4 is 0 Å². The molecule has 3 atom stereocenters. The van der Waals surface area contributed by atoms with Crippen LogP contribution in [-0.4, -0.2) is 22.1 Å². The lowest BCUT2D eigenvalue weighted by Gasteiger charge is -2.48. The van der Waals surface area contributed by atoms with E-state index in [4.69, 9.17) is 0 Å². The van der Waals surface area contributed by atoms with Gasteiger partial charge in [0, 0.05) is 49.2 Å². The fourth-order valence-corrected chi connectivity index (χ4v) is 5.58. The lowest BCUT2D eigenvalue weighted by molar-refractivity contribution is 0.0261. The maximum atomic E-state index is 2.82. The molecule has 0 spiro atoms. The molecule has 5 rings (SSSR count). The summed E-state index contributed by atoms with van der Waals surface area (Å²) in [6, 6.07) is 9.78. The molecule has 2 aromatic rings. The Kier molecular flexibility index (Phi) is 2.91. The molecule has 3 unspecified atom stereocenters. The van der Waals surface area contributed by atoms with Crippen molar-refractivity contribution in [1.29, 1.82) is 0 Å². The third kappa shape index (κ3) is 1.83. The van der Waals surface area contributed by atoms with Crippen molar-refractivity contribution in [2.45, 2.75) is 51.1 Å². The van der Waals surface area contributed by atoms with Crippen LogP contribution in [0.1, 0.15) is 43.4 Å². The molecule has 2 fully saturated rings. The largest absolute Gasteiger partial charge is 0.347 e. The molecule has 1 aromatic heterocycles. The predicted molar refractivity (Wildman–Crippen MR) is 90.9 cm³/mol. The number of piperidine rings is 1. The summed E-state index contributed by atoms with van der Waals surface area (Å²) in [5.41, 5.74) is 4.64. The summed E-state index contributed by atoms with van der Waals surface area (Å²) in [4.78, 5) is 2.82. The van der Waals surface area contributed by atoms with Gasteiger partial charge in [0.25, 0.3) is 0 Å². The van der Waals surface area contributed by atoms with E-state index in [0.29, 0.717) is 0 Å². The fourth-order valence-electron chi connectivity index (χ4n) is 5.58. The van der Waals surface area contributed by atoms with Gasteiger partial charge >= 0.3 is 0 Å². The third-order valence-corrected chi connectivity index (χ3v) is 6.76. The van der Waals surface area contributed by atoms with E-state index in [0.717, 1.165) is 17.9 Å². The molecule has 3 aliphatic rings. The number of fused-ring (bicyclic) bond motifs is 5. The van der Waals surface area contributed by atoms with Crippen LogP contribution in [0.2, 0.25) is 0 Å². The first-order valence-corrected chi connectivity index (χ1v) is 9.10. The Bertz CT molecular complexity index is 714. The molecule has 0 amide bonds. The highest BCUT2D eigenvalue weighted by Crippen LogP contribution is 2.43. The van der Waals surface area contributed by atoms with Crippen LogP contribution >= 0.6 is 0 Å². The van der Waals surface area contributed by atoms with Gasteiger partial charge in [0.1, 0.15) is 0 Å². The average Bonchev–Trinajstić information content (AvgIpc) is 2.84. The van der Waals surface area contributed by atoms with Gasteiger partial charge in [0.2, 0.25) is 0 Å². The normalized spacial score (nSPS) is 31.6. The van der Waals surface area contributed by atoms with Gasteiger partial charge in [0.15, 0.2) is 0 Å². The highest BCUT2D eigenvalue weighted by Gasteiger charge is 2.39. The number of hydrogen-bond donors (Lipinski definition) is 0. The molecule has 1 saturated heterocycles. The first-order chi connectivity index (χ1) is 10.8. The van der Waals surface area contributed by atoms with Gasteiger partial charge in [-0.2, -0.15) is 0 Å². The van der Waals surface area contributed by atoms with Crippen molar-refractivity contribution in [3.05, 3.63) is 35.5 Å². The van der Waals surface area contributed by atoms with Gasteiger partial charge in [-0.3, -0.25) is 4.90 Å². The monoisotopic (exact) mass is 294 g/mol. The molecule has 0 bridgehead atoms. The van der Waals surface area contributed by atoms with Gasteiger partial charge in [-0.1, -0.05) is 37.5 Å². The number of para-hydroxylation sites is 1. The summed E-state index contributed by atoms with van der Waals surface area (Å²) in [5.74, 6) is 2.01. The molecule has 1 aliphatic carbocycles. The maximum absolute atomic E-state index is 2.82. The molecule has 0 N–H and O–H groups in total. The minimum absolute atomic E-state index is 0.801. The lowest BCUT2D eigenvalue weighted by Crippen LogP contribution is -2.50. The molecular weight excluding hydrogens is 268 g/mol. The SMILES string of the molecule is Cn1c2c(c3ccccc31)CN1CC3CCCCC3CC1C2. The molecule has 0 radical (unpaired) electrons. The van der Waals surface area contributed by atoms with E-state index >= 15 is 0 Å². The number of rotatable bonds is 0. The van der Waals surface area contributed by atoms with Crippen LogP contribution in [0.15, 0.2) is 24.3 Å². The van der Waals surface area contributed by atoms with Crippen LogP contribution in [-0.2, 0) is 20.0 Å². The molecule has 2 heteroatoms. The Morgan fingerprint density at radius 1 is 1.05 bits per heavy atom. The summed E-state index contributed by atoms with van der Waals surface area (Å²) >= 11 is 0. The zero-order valence-corrected chi connectivity index (χ0v) is 13.6. The average molecular weight is 294 g/mol. The highest BCUT2D eigenvalue weighted by atomic mass is 15.2. The topological polar surface area (TPSA) is 8.17 Å². The standard InChI is InChI=1S/C20H26N2/c1-21-19-9-5-4-8-17(19)18-13-22-12-15-7-3-2-6-14(15)10-16(22)11-20(18)21/h4-5,8-9,14-16H,2-3,6-7,10-13H2,1H3. The first kappa shape index (κ1) is 13.2. The van der Waals surface area contributed by atoms with E-state index in [2.05, 4.69) is 40.8 Å². The Morgan fingerprint density at radius 2 is 1.86 bits per heavy atom. The number of nitrogens with zero attached hydrogens (tertiary/aromatic N) is 2. The number of aryl methyl sites for hydroxylation is 1. The Hall–Kier alpha value is -1.28. The molecular formula is C20H26N2. The number of benzene rings is 1. The van der Waals surface area contributed by atoms with Gasteiger partial charge in [-0.15, -0.1) is 0 Å². The molecule has 1 aromatic carbocycles. The van der Waals surface area contributed by atoms with Crippen molar-refractivity contribution >= 4 is 10.9 Å². The Labute approximate surface area is 133 Å². The van der Waals surface area contributed by atoms with Gasteiger partial charge < -0.3 is 4.57 Å². The predicted octanol–water partition coefficient (Wildman–Crippen LogP) is 4.12. The second-order valence-electron chi connectivity index (χ2n) is 7.83. The van der Waals surface area contributed by atoms with Crippen LogP contribution in [0.3, 0.4) is 0 Å². The smallest absolute Gasteiger partial charge is 0.0483 e. The second kappa shape index (κ2) is 4.86. The van der Waals surface area contributed by atoms with Crippen molar-refractivity contribution in [2.24, 2.45) is 18.9 Å². The zero-order chi connectivity index (χ0) is 14.7. The summed E-state index contributed by atoms with van der Waals surface area (Å²) < 4.78 is 2.47. The quantitative estimate of drug-likeness (QED) is 0.710. The van der Waals surface area contributed by atoms with Crippen LogP contribution in [0.5, 0.6) is 0 Å². The van der Waals surface area contributed by atoms with Crippen molar-refractivity contribution in [3.63, 3.8) is 0 Å². The van der Waals surface area contributed by atoms with E-state index in [1.54, 1.807) is 11.3 Å².